The van der Waals surface area contributed by atoms with Crippen molar-refractivity contribution >= 4 is 0 Å². The second-order valence-electron chi connectivity index (χ2n) is 11.2. The van der Waals surface area contributed by atoms with Crippen LogP contribution in [0.4, 0.5) is 0 Å². The van der Waals surface area contributed by atoms with Gasteiger partial charge in [-0.05, 0) is 47.9 Å². The Bertz CT molecular complexity index is 1320. The first-order chi connectivity index (χ1) is 18.1. The summed E-state index contributed by atoms with van der Waals surface area (Å²) >= 11 is 0. The average molecular weight is 507 g/mol. The predicted octanol–water partition coefficient (Wildman–Crippen LogP) is 8.91. The Morgan fingerprint density at radius 1 is 0.684 bits per heavy atom. The maximum absolute atomic E-state index is 9.30. The van der Waals surface area contributed by atoms with E-state index in [1.165, 1.54) is 33.6 Å². The van der Waals surface area contributed by atoms with E-state index in [1.807, 2.05) is 12.1 Å². The summed E-state index contributed by atoms with van der Waals surface area (Å²) in [4.78, 5) is 0. The molecule has 0 saturated heterocycles. The molecule has 0 aliphatic carbocycles. The van der Waals surface area contributed by atoms with Gasteiger partial charge < -0.3 is 4.74 Å². The molecule has 196 valence electrons. The number of nitrogens with zero attached hydrogens (tertiary/aromatic N) is 3. The Morgan fingerprint density at radius 2 is 1.16 bits per heavy atom. The van der Waals surface area contributed by atoms with E-state index in [0.29, 0.717) is 35.0 Å². The fourth-order valence-corrected chi connectivity index (χ4v) is 5.10. The molecule has 38 heavy (non-hydrogen) atoms. The normalized spacial score (nSPS) is 11.6. The lowest BCUT2D eigenvalue weighted by Crippen LogP contribution is -2.34. The summed E-state index contributed by atoms with van der Waals surface area (Å²) in [6.45, 7) is 17.9. The van der Waals surface area contributed by atoms with Crippen molar-refractivity contribution in [2.45, 2.75) is 79.1 Å². The van der Waals surface area contributed by atoms with Crippen molar-refractivity contribution in [1.82, 2.24) is 4.57 Å². The van der Waals surface area contributed by atoms with Gasteiger partial charge in [0.05, 0.1) is 11.6 Å². The molecule has 0 fully saturated rings. The largest absolute Gasteiger partial charge is 0.472 e. The van der Waals surface area contributed by atoms with E-state index in [4.69, 9.17) is 4.74 Å². The fraction of sp³-hybridized carbons (Fsp3) is 0.353. The van der Waals surface area contributed by atoms with Gasteiger partial charge in [0.2, 0.25) is 0 Å². The number of nitriles is 1. The van der Waals surface area contributed by atoms with Gasteiger partial charge in [-0.25, -0.2) is 0 Å². The number of hydrogen-bond acceptors (Lipinski definition) is 2. The Hall–Kier alpha value is -3.84. The highest BCUT2D eigenvalue weighted by Gasteiger charge is 2.31. The number of hydrogen-bond donors (Lipinski definition) is 0. The number of aromatic nitrogens is 2. The van der Waals surface area contributed by atoms with Gasteiger partial charge >= 0.3 is 6.01 Å². The van der Waals surface area contributed by atoms with Gasteiger partial charge in [0.1, 0.15) is 29.5 Å². The highest BCUT2D eigenvalue weighted by atomic mass is 16.5. The quantitative estimate of drug-likeness (QED) is 0.224. The second kappa shape index (κ2) is 11.3. The lowest BCUT2D eigenvalue weighted by molar-refractivity contribution is -0.602. The third kappa shape index (κ3) is 5.24. The van der Waals surface area contributed by atoms with E-state index in [-0.39, 0.29) is 0 Å². The van der Waals surface area contributed by atoms with E-state index in [9.17, 15) is 5.26 Å². The molecule has 0 radical (unpaired) electrons. The van der Waals surface area contributed by atoms with Crippen LogP contribution in [0.3, 0.4) is 0 Å². The maximum atomic E-state index is 9.30. The zero-order valence-corrected chi connectivity index (χ0v) is 24.0. The molecule has 4 rings (SSSR count). The van der Waals surface area contributed by atoms with Gasteiger partial charge in [0, 0.05) is 22.3 Å². The summed E-state index contributed by atoms with van der Waals surface area (Å²) < 4.78 is 11.2. The SMILES string of the molecule is CC(C)c1cccc(C(C)C)c1-n1cc[n+](-c2c(C(C)C)cccc2C(C)C)c1Oc1ccc(C#N)cc1. The van der Waals surface area contributed by atoms with Crippen LogP contribution in [0.15, 0.2) is 73.1 Å². The molecule has 0 aliphatic rings. The first-order valence-electron chi connectivity index (χ1n) is 13.7. The molecular formula is C34H40N3O+. The monoisotopic (exact) mass is 506 g/mol. The van der Waals surface area contributed by atoms with Gasteiger partial charge in [-0.15, -0.1) is 0 Å². The zero-order valence-electron chi connectivity index (χ0n) is 24.0. The Kier molecular flexibility index (Phi) is 8.07. The summed E-state index contributed by atoms with van der Waals surface area (Å²) in [6, 6.07) is 23.5. The lowest BCUT2D eigenvalue weighted by Gasteiger charge is -2.19. The molecule has 0 spiro atoms. The highest BCUT2D eigenvalue weighted by Crippen LogP contribution is 2.36. The Balaban J connectivity index is 2.07. The van der Waals surface area contributed by atoms with E-state index in [0.717, 1.165) is 6.01 Å². The first kappa shape index (κ1) is 27.2. The molecule has 0 atom stereocenters. The Labute approximate surface area is 228 Å². The smallest absolute Gasteiger partial charge is 0.391 e. The van der Waals surface area contributed by atoms with Crippen molar-refractivity contribution in [3.05, 3.63) is 101 Å². The van der Waals surface area contributed by atoms with Crippen LogP contribution in [0.25, 0.3) is 11.4 Å². The molecule has 0 amide bonds. The third-order valence-corrected chi connectivity index (χ3v) is 7.14. The van der Waals surface area contributed by atoms with E-state index >= 15 is 0 Å². The summed E-state index contributed by atoms with van der Waals surface area (Å²) in [5.74, 6) is 2.07. The average Bonchev–Trinajstić information content (AvgIpc) is 3.30. The van der Waals surface area contributed by atoms with Crippen molar-refractivity contribution in [2.24, 2.45) is 0 Å². The summed E-state index contributed by atoms with van der Waals surface area (Å²) in [6.07, 6.45) is 4.26. The number of para-hydroxylation sites is 2. The van der Waals surface area contributed by atoms with Crippen LogP contribution in [-0.4, -0.2) is 4.57 Å². The minimum absolute atomic E-state index is 0.344. The summed E-state index contributed by atoms with van der Waals surface area (Å²) in [7, 11) is 0. The van der Waals surface area contributed by atoms with Crippen molar-refractivity contribution in [1.29, 1.82) is 5.26 Å². The van der Waals surface area contributed by atoms with Crippen LogP contribution < -0.4 is 9.30 Å². The minimum Gasteiger partial charge on any atom is -0.391 e. The molecular weight excluding hydrogens is 466 g/mol. The van der Waals surface area contributed by atoms with Crippen LogP contribution in [0.1, 0.15) is 107 Å². The standard InChI is InChI=1S/C34H40N3O/c1-22(2)28-11-9-12-29(23(3)4)32(28)36-19-20-37(34(36)38-27-17-15-26(21-35)16-18-27)33-30(24(5)6)13-10-14-31(33)25(7)8/h9-20,22-25H,1-8H3/q+1. The van der Waals surface area contributed by atoms with Gasteiger partial charge in [-0.2, -0.15) is 14.4 Å². The van der Waals surface area contributed by atoms with Crippen LogP contribution in [-0.2, 0) is 0 Å². The van der Waals surface area contributed by atoms with Crippen LogP contribution in [0, 0.1) is 11.3 Å². The van der Waals surface area contributed by atoms with Gasteiger partial charge in [-0.3, -0.25) is 0 Å². The molecule has 1 heterocycles. The lowest BCUT2D eigenvalue weighted by atomic mass is 9.92. The number of rotatable bonds is 8. The predicted molar refractivity (Wildman–Crippen MR) is 155 cm³/mol. The van der Waals surface area contributed by atoms with Gasteiger partial charge in [0.15, 0.2) is 0 Å². The van der Waals surface area contributed by atoms with Crippen molar-refractivity contribution in [2.75, 3.05) is 0 Å². The molecule has 4 aromatic rings. The van der Waals surface area contributed by atoms with Gasteiger partial charge in [-0.1, -0.05) is 91.8 Å². The van der Waals surface area contributed by atoms with Crippen LogP contribution in [0.5, 0.6) is 11.8 Å². The summed E-state index contributed by atoms with van der Waals surface area (Å²) in [5, 5.41) is 9.30. The fourth-order valence-electron chi connectivity index (χ4n) is 5.10. The molecule has 4 heteroatoms. The van der Waals surface area contributed by atoms with Crippen molar-refractivity contribution in [3.8, 4) is 29.2 Å². The number of imidazole rings is 1. The van der Waals surface area contributed by atoms with E-state index < -0.39 is 0 Å². The first-order valence-corrected chi connectivity index (χ1v) is 13.7. The molecule has 0 unspecified atom stereocenters. The molecule has 0 saturated carbocycles. The molecule has 3 aromatic carbocycles. The molecule has 0 bridgehead atoms. The van der Waals surface area contributed by atoms with Gasteiger partial charge in [0.25, 0.3) is 0 Å². The molecule has 4 nitrogen and oxygen atoms in total. The minimum atomic E-state index is 0.344. The third-order valence-electron chi connectivity index (χ3n) is 7.14. The highest BCUT2D eigenvalue weighted by molar-refractivity contribution is 5.53. The van der Waals surface area contributed by atoms with E-state index in [2.05, 4.69) is 119 Å². The van der Waals surface area contributed by atoms with E-state index in [1.54, 1.807) is 12.1 Å². The topological polar surface area (TPSA) is 41.8 Å². The summed E-state index contributed by atoms with van der Waals surface area (Å²) in [5.41, 5.74) is 8.09. The van der Waals surface area contributed by atoms with Crippen molar-refractivity contribution in [3.63, 3.8) is 0 Å². The van der Waals surface area contributed by atoms with Crippen LogP contribution in [0.2, 0.25) is 0 Å². The maximum Gasteiger partial charge on any atom is 0.472 e. The Morgan fingerprint density at radius 3 is 1.61 bits per heavy atom. The molecule has 1 aromatic heterocycles. The number of ether oxygens (including phenoxy) is 1. The molecule has 0 aliphatic heterocycles. The second-order valence-corrected chi connectivity index (χ2v) is 11.2. The zero-order chi connectivity index (χ0) is 27.6. The number of benzene rings is 3. The van der Waals surface area contributed by atoms with Crippen LogP contribution >= 0.6 is 0 Å². The van der Waals surface area contributed by atoms with Crippen molar-refractivity contribution < 1.29 is 9.30 Å². The molecule has 0 N–H and O–H groups in total.